The molecule has 0 aliphatic heterocycles. The normalized spacial score (nSPS) is 11.1. The summed E-state index contributed by atoms with van der Waals surface area (Å²) in [4.78, 5) is 0. The zero-order valence-electron chi connectivity index (χ0n) is 8.53. The van der Waals surface area contributed by atoms with Crippen molar-refractivity contribution in [2.45, 2.75) is 27.7 Å². The lowest BCUT2D eigenvalue weighted by Crippen LogP contribution is -2.10. The first-order chi connectivity index (χ1) is 6.04. The van der Waals surface area contributed by atoms with E-state index in [0.717, 1.165) is 5.71 Å². The van der Waals surface area contributed by atoms with Crippen LogP contribution < -0.4 is 5.20 Å². The van der Waals surface area contributed by atoms with E-state index in [9.17, 15) is 4.57 Å². The van der Waals surface area contributed by atoms with E-state index in [2.05, 4.69) is 10.3 Å². The minimum Gasteiger partial charge on any atom is -0.292 e. The first kappa shape index (κ1) is 12.6. The van der Waals surface area contributed by atoms with E-state index in [4.69, 9.17) is 9.05 Å². The second-order valence-electron chi connectivity index (χ2n) is 2.49. The first-order valence-electron chi connectivity index (χ1n) is 4.21. The summed E-state index contributed by atoms with van der Waals surface area (Å²) in [5.74, 6) is 0. The molecule has 0 aromatic carbocycles. The maximum Gasteiger partial charge on any atom is 0.448 e. The number of hydrogen-bond donors (Lipinski definition) is 1. The molecule has 1 N–H and O–H groups in total. The molecule has 0 saturated heterocycles. The van der Waals surface area contributed by atoms with Gasteiger partial charge in [0.2, 0.25) is 0 Å². The summed E-state index contributed by atoms with van der Waals surface area (Å²) in [7, 11) is -3.21. The van der Waals surface area contributed by atoms with Gasteiger partial charge in [-0.3, -0.25) is 9.05 Å². The molecule has 0 heterocycles. The molecule has 13 heavy (non-hydrogen) atoms. The van der Waals surface area contributed by atoms with Crippen LogP contribution >= 0.6 is 7.75 Å². The molecule has 0 aromatic heterocycles. The van der Waals surface area contributed by atoms with Gasteiger partial charge >= 0.3 is 7.75 Å². The van der Waals surface area contributed by atoms with Crippen molar-refractivity contribution in [3.63, 3.8) is 0 Å². The highest BCUT2D eigenvalue weighted by molar-refractivity contribution is 7.51. The molecule has 0 unspecified atom stereocenters. The van der Waals surface area contributed by atoms with Gasteiger partial charge in [0.15, 0.2) is 0 Å². The summed E-state index contributed by atoms with van der Waals surface area (Å²) in [6.45, 7) is 7.71. The van der Waals surface area contributed by atoms with Crippen molar-refractivity contribution >= 4 is 13.5 Å². The second kappa shape index (κ2) is 6.13. The average molecular weight is 208 g/mol. The van der Waals surface area contributed by atoms with Crippen molar-refractivity contribution in [2.24, 2.45) is 5.10 Å². The Bertz CT molecular complexity index is 204. The summed E-state index contributed by atoms with van der Waals surface area (Å²) in [6.07, 6.45) is 0. The summed E-state index contributed by atoms with van der Waals surface area (Å²) < 4.78 is 21.5. The van der Waals surface area contributed by atoms with Crippen LogP contribution in [0.4, 0.5) is 0 Å². The minimum atomic E-state index is -3.21. The Hall–Kier alpha value is -0.380. The lowest BCUT2D eigenvalue weighted by Gasteiger charge is -2.15. The third-order valence-electron chi connectivity index (χ3n) is 0.994. The van der Waals surface area contributed by atoms with Gasteiger partial charge in [-0.15, -0.1) is 0 Å². The Kier molecular flexibility index (Phi) is 5.95. The van der Waals surface area contributed by atoms with Gasteiger partial charge < -0.3 is 0 Å². The molecule has 0 saturated carbocycles. The topological polar surface area (TPSA) is 59.9 Å². The van der Waals surface area contributed by atoms with Crippen LogP contribution in [0.3, 0.4) is 0 Å². The predicted octanol–water partition coefficient (Wildman–Crippen LogP) is 2.15. The second-order valence-corrected chi connectivity index (χ2v) is 4.20. The van der Waals surface area contributed by atoms with Crippen molar-refractivity contribution in [1.29, 1.82) is 0 Å². The molecule has 78 valence electrons. The Balaban J connectivity index is 4.24. The molecule has 0 bridgehead atoms. The molecule has 0 rings (SSSR count). The van der Waals surface area contributed by atoms with Crippen molar-refractivity contribution in [2.75, 3.05) is 13.2 Å². The van der Waals surface area contributed by atoms with E-state index in [0.29, 0.717) is 13.2 Å². The Labute approximate surface area is 79.1 Å². The number of hydrazone groups is 1. The Morgan fingerprint density at radius 2 is 1.77 bits per heavy atom. The maximum atomic E-state index is 11.7. The Morgan fingerprint density at radius 3 is 2.08 bits per heavy atom. The van der Waals surface area contributed by atoms with Gasteiger partial charge in [-0.1, -0.05) is 0 Å². The summed E-state index contributed by atoms with van der Waals surface area (Å²) in [5, 5.41) is 6.18. The molecule has 0 aliphatic rings. The molecular formula is C7H17N2O3P. The highest BCUT2D eigenvalue weighted by Gasteiger charge is 2.22. The minimum absolute atomic E-state index is 0.322. The molecule has 0 spiro atoms. The molecule has 0 atom stereocenters. The highest BCUT2D eigenvalue weighted by Crippen LogP contribution is 2.43. The largest absolute Gasteiger partial charge is 0.448 e. The van der Waals surface area contributed by atoms with Gasteiger partial charge in [0.1, 0.15) is 0 Å². The number of hydrogen-bond acceptors (Lipinski definition) is 4. The standard InChI is InChI=1S/C7H17N2O3P/c1-5-11-13(10,12-6-2)9-8-7(3)4/h5-6H2,1-4H3,(H,9,10). The van der Waals surface area contributed by atoms with Crippen molar-refractivity contribution in [3.8, 4) is 0 Å². The van der Waals surface area contributed by atoms with Crippen LogP contribution in [0.15, 0.2) is 5.10 Å². The molecule has 0 fully saturated rings. The molecule has 0 radical (unpaired) electrons. The van der Waals surface area contributed by atoms with Gasteiger partial charge in [0, 0.05) is 5.71 Å². The van der Waals surface area contributed by atoms with Gasteiger partial charge in [-0.25, -0.2) is 9.76 Å². The van der Waals surface area contributed by atoms with Crippen LogP contribution in [0.1, 0.15) is 27.7 Å². The Morgan fingerprint density at radius 1 is 1.31 bits per heavy atom. The van der Waals surface area contributed by atoms with Crippen LogP contribution in [0.5, 0.6) is 0 Å². The summed E-state index contributed by atoms with van der Waals surface area (Å²) in [6, 6.07) is 0. The van der Waals surface area contributed by atoms with E-state index < -0.39 is 7.75 Å². The fraction of sp³-hybridized carbons (Fsp3) is 0.857. The lowest BCUT2D eigenvalue weighted by molar-refractivity contribution is 0.211. The zero-order valence-corrected chi connectivity index (χ0v) is 9.43. The van der Waals surface area contributed by atoms with Gasteiger partial charge in [-0.05, 0) is 27.7 Å². The van der Waals surface area contributed by atoms with Crippen LogP contribution in [0.25, 0.3) is 0 Å². The van der Waals surface area contributed by atoms with Crippen molar-refractivity contribution < 1.29 is 13.6 Å². The maximum absolute atomic E-state index is 11.7. The monoisotopic (exact) mass is 208 g/mol. The van der Waals surface area contributed by atoms with Gasteiger partial charge in [0.25, 0.3) is 0 Å². The zero-order chi connectivity index (χ0) is 10.3. The molecule has 5 nitrogen and oxygen atoms in total. The number of rotatable bonds is 6. The fourth-order valence-electron chi connectivity index (χ4n) is 0.596. The van der Waals surface area contributed by atoms with E-state index >= 15 is 0 Å². The number of nitrogens with zero attached hydrogens (tertiary/aromatic N) is 1. The molecule has 0 aromatic rings. The molecule has 0 amide bonds. The van der Waals surface area contributed by atoms with Crippen molar-refractivity contribution in [3.05, 3.63) is 0 Å². The molecule has 0 aliphatic carbocycles. The number of nitrogens with one attached hydrogen (secondary N) is 1. The van der Waals surface area contributed by atoms with Gasteiger partial charge in [-0.2, -0.15) is 5.10 Å². The van der Waals surface area contributed by atoms with Crippen LogP contribution in [-0.4, -0.2) is 18.9 Å². The fourth-order valence-corrected chi connectivity index (χ4v) is 1.79. The smallest absolute Gasteiger partial charge is 0.292 e. The van der Waals surface area contributed by atoms with E-state index in [1.54, 1.807) is 27.7 Å². The third kappa shape index (κ3) is 5.80. The first-order valence-corrected chi connectivity index (χ1v) is 5.75. The molecule has 6 heteroatoms. The van der Waals surface area contributed by atoms with Crippen LogP contribution in [-0.2, 0) is 13.6 Å². The van der Waals surface area contributed by atoms with E-state index in [1.807, 2.05) is 0 Å². The van der Waals surface area contributed by atoms with Gasteiger partial charge in [0.05, 0.1) is 13.2 Å². The molecular weight excluding hydrogens is 191 g/mol. The summed E-state index contributed by atoms with van der Waals surface area (Å²) >= 11 is 0. The summed E-state index contributed by atoms with van der Waals surface area (Å²) in [5.41, 5.74) is 0.764. The third-order valence-corrected chi connectivity index (χ3v) is 2.54. The van der Waals surface area contributed by atoms with E-state index in [1.165, 1.54) is 0 Å². The SMILES string of the molecule is CCOP(=O)(NN=C(C)C)OCC. The highest BCUT2D eigenvalue weighted by atomic mass is 31.2. The van der Waals surface area contributed by atoms with E-state index in [-0.39, 0.29) is 0 Å². The predicted molar refractivity (Wildman–Crippen MR) is 52.8 cm³/mol. The van der Waals surface area contributed by atoms with Crippen LogP contribution in [0.2, 0.25) is 0 Å². The van der Waals surface area contributed by atoms with Crippen molar-refractivity contribution in [1.82, 2.24) is 5.20 Å². The lowest BCUT2D eigenvalue weighted by atomic mass is 10.5. The average Bonchev–Trinajstić information content (AvgIpc) is 2.02. The quantitative estimate of drug-likeness (QED) is 0.412. The van der Waals surface area contributed by atoms with Crippen LogP contribution in [0, 0.1) is 0 Å².